The van der Waals surface area contributed by atoms with Crippen molar-refractivity contribution in [3.05, 3.63) is 70.5 Å². The van der Waals surface area contributed by atoms with E-state index in [0.29, 0.717) is 0 Å². The first-order valence-corrected chi connectivity index (χ1v) is 15.0. The van der Waals surface area contributed by atoms with Crippen molar-refractivity contribution < 1.29 is 96.3 Å². The summed E-state index contributed by atoms with van der Waals surface area (Å²) in [6, 6.07) is 0. The maximum atomic E-state index is 9.10. The first-order chi connectivity index (χ1) is 20.8. The van der Waals surface area contributed by atoms with E-state index in [0.717, 1.165) is 47.8 Å². The molecule has 0 saturated heterocycles. The second-order valence-corrected chi connectivity index (χ2v) is 4.86. The fourth-order valence-corrected chi connectivity index (χ4v) is 1.22. The number of carbonyl (C=O) groups excluding carboxylic acids is 4. The molecule has 2 aromatic heterocycles. The summed E-state index contributed by atoms with van der Waals surface area (Å²) in [5.41, 5.74) is 2.19. The third-order valence-electron chi connectivity index (χ3n) is 2.34. The Balaban J connectivity index is -0.0000000570. The Morgan fingerprint density at radius 2 is 0.886 bits per heavy atom. The van der Waals surface area contributed by atoms with Crippen molar-refractivity contribution >= 4 is 55.0 Å². The van der Waals surface area contributed by atoms with E-state index >= 15 is 0 Å². The van der Waals surface area contributed by atoms with Gasteiger partial charge in [-0.05, 0) is 12.8 Å². The summed E-state index contributed by atoms with van der Waals surface area (Å²) in [6.07, 6.45) is 11.5. The van der Waals surface area contributed by atoms with Crippen molar-refractivity contribution in [1.29, 1.82) is 0 Å². The zero-order valence-electron chi connectivity index (χ0n) is 21.4. The van der Waals surface area contributed by atoms with Gasteiger partial charge in [0.15, 0.2) is 0 Å². The van der Waals surface area contributed by atoms with Crippen LogP contribution in [0.5, 0.6) is 0 Å². The minimum atomic E-state index is -1.82. The molecule has 0 aromatic carbocycles. The molecular formula is C18H22Cl2N6O16Pt2-2. The van der Waals surface area contributed by atoms with Crippen LogP contribution in [0.2, 0.25) is 0 Å². The van der Waals surface area contributed by atoms with Crippen molar-refractivity contribution in [3.63, 3.8) is 0 Å². The predicted molar refractivity (Wildman–Crippen MR) is 135 cm³/mol. The standard InChI is InChI=1S/2C6H9N2.2C2H2O4.2CO2.2ClH.2HNO2.2Pt/c2*1-2-3-6-4-7-5-8-6;2*3-1(4)2(5)6;2*2-1-3;;;2*2-1-3;;/h2*4-5H,1-3H2,(H,7,8);2*(H,3,4)(H,5,6);;;2*1H;2*(H,2,3);;/q2*-1;;;;;;;;;2*+2/p-4. The molecule has 2 heterocycles. The Morgan fingerprint density at radius 3 is 0.977 bits per heavy atom. The number of aliphatic carboxylic acids is 4. The molecule has 0 saturated carbocycles. The predicted octanol–water partition coefficient (Wildman–Crippen LogP) is 1.37. The van der Waals surface area contributed by atoms with Crippen LogP contribution >= 0.6 is 18.8 Å². The third-order valence-corrected chi connectivity index (χ3v) is 2.34. The Labute approximate surface area is 277 Å². The Bertz CT molecular complexity index is 872. The third kappa shape index (κ3) is 90.4. The van der Waals surface area contributed by atoms with E-state index in [1.807, 2.05) is 12.4 Å². The van der Waals surface area contributed by atoms with Crippen LogP contribution in [0.4, 0.5) is 0 Å². The SMILES string of the molecule is O=C(O)C(=O)O.O=C(O)C(=O)O.O=C=O.O=C=O.O=N[O-].O=N[O-].[CH2-]CCc1c[nH]cn1.[CH2-]CCc1c[nH]cn1.[Cl][Pt+].[Cl][Pt+]. The van der Waals surface area contributed by atoms with Crippen LogP contribution in [0.3, 0.4) is 0 Å². The average molecular weight is 1040 g/mol. The van der Waals surface area contributed by atoms with Crippen LogP contribution in [0.25, 0.3) is 0 Å². The number of halogens is 2. The van der Waals surface area contributed by atoms with Crippen molar-refractivity contribution in [2.75, 3.05) is 0 Å². The molecule has 0 unspecified atom stereocenters. The zero-order chi connectivity index (χ0) is 36.8. The molecule has 0 radical (unpaired) electrons. The topological polar surface area (TPSA) is 380 Å². The number of carboxylic acid groups (broad SMARTS) is 4. The van der Waals surface area contributed by atoms with Gasteiger partial charge in [0.2, 0.25) is 0 Å². The summed E-state index contributed by atoms with van der Waals surface area (Å²) in [5.74, 6) is -7.30. The van der Waals surface area contributed by atoms with E-state index < -0.39 is 23.9 Å². The number of carbonyl (C=O) groups is 4. The average Bonchev–Trinajstić information content (AvgIpc) is 3.69. The molecule has 0 fully saturated rings. The summed E-state index contributed by atoms with van der Waals surface area (Å²) < 4.78 is 0. The fraction of sp³-hybridized carbons (Fsp3) is 0.222. The summed E-state index contributed by atoms with van der Waals surface area (Å²) in [7, 11) is 9.22. The van der Waals surface area contributed by atoms with Gasteiger partial charge in [-0.2, -0.15) is 32.0 Å². The molecule has 0 aliphatic rings. The number of hydrogen-bond acceptors (Lipinski definition) is 16. The number of aromatic amines is 2. The van der Waals surface area contributed by atoms with Gasteiger partial charge in [-0.3, -0.25) is 0 Å². The molecule has 0 atom stereocenters. The molecule has 6 N–H and O–H groups in total. The van der Waals surface area contributed by atoms with Gasteiger partial charge in [0.1, 0.15) is 0 Å². The monoisotopic (exact) mass is 1040 g/mol. The van der Waals surface area contributed by atoms with E-state index in [-0.39, 0.29) is 12.3 Å². The van der Waals surface area contributed by atoms with Crippen LogP contribution < -0.4 is 0 Å². The molecule has 44 heavy (non-hydrogen) atoms. The van der Waals surface area contributed by atoms with Gasteiger partial charge in [0, 0.05) is 12.4 Å². The van der Waals surface area contributed by atoms with Crippen molar-refractivity contribution in [2.24, 2.45) is 10.7 Å². The Hall–Kier alpha value is -4.18. The fourth-order valence-electron chi connectivity index (χ4n) is 1.22. The Morgan fingerprint density at radius 1 is 0.705 bits per heavy atom. The number of aromatic nitrogens is 4. The van der Waals surface area contributed by atoms with Gasteiger partial charge < -0.3 is 64.5 Å². The molecule has 0 aliphatic carbocycles. The van der Waals surface area contributed by atoms with E-state index in [9.17, 15) is 0 Å². The molecule has 26 heteroatoms. The van der Waals surface area contributed by atoms with Crippen molar-refractivity contribution in [2.45, 2.75) is 25.7 Å². The first-order valence-electron chi connectivity index (χ1n) is 9.40. The molecule has 0 spiro atoms. The zero-order valence-corrected chi connectivity index (χ0v) is 27.5. The van der Waals surface area contributed by atoms with E-state index in [1.165, 1.54) is 0 Å². The van der Waals surface area contributed by atoms with Crippen LogP contribution in [-0.4, -0.2) is 76.5 Å². The van der Waals surface area contributed by atoms with E-state index in [4.69, 9.17) is 79.0 Å². The van der Waals surface area contributed by atoms with E-state index in [1.54, 1.807) is 50.2 Å². The van der Waals surface area contributed by atoms with E-state index in [2.05, 4.69) is 52.6 Å². The number of hydrogen-bond donors (Lipinski definition) is 6. The quantitative estimate of drug-likeness (QED) is 0.109. The first kappa shape index (κ1) is 59.3. The molecule has 22 nitrogen and oxygen atoms in total. The van der Waals surface area contributed by atoms with Gasteiger partial charge in [-0.25, -0.2) is 29.1 Å². The van der Waals surface area contributed by atoms with Crippen LogP contribution in [0.1, 0.15) is 24.2 Å². The molecule has 2 aromatic rings. The van der Waals surface area contributed by atoms with Gasteiger partial charge in [-0.15, -0.1) is 10.7 Å². The van der Waals surface area contributed by atoms with Gasteiger partial charge in [0.05, 0.1) is 24.0 Å². The second-order valence-electron chi connectivity index (χ2n) is 4.86. The molecule has 0 amide bonds. The van der Waals surface area contributed by atoms with Crippen LogP contribution in [-0.2, 0) is 88.7 Å². The van der Waals surface area contributed by atoms with Crippen molar-refractivity contribution in [1.82, 2.24) is 19.9 Å². The number of nitrogens with zero attached hydrogens (tertiary/aromatic N) is 4. The van der Waals surface area contributed by atoms with Gasteiger partial charge >= 0.3 is 92.6 Å². The number of imidazole rings is 2. The molecule has 0 aliphatic heterocycles. The number of H-pyrrole nitrogens is 2. The summed E-state index contributed by atoms with van der Waals surface area (Å²) in [5, 5.41) is 47.6. The second kappa shape index (κ2) is 62.4. The normalized spacial score (nSPS) is 6.73. The van der Waals surface area contributed by atoms with Crippen LogP contribution in [0, 0.1) is 34.1 Å². The van der Waals surface area contributed by atoms with Gasteiger partial charge in [0.25, 0.3) is 0 Å². The van der Waals surface area contributed by atoms with Crippen molar-refractivity contribution in [3.8, 4) is 0 Å². The number of rotatable bonds is 4. The molecule has 2 rings (SSSR count). The molecule has 256 valence electrons. The minimum absolute atomic E-state index is 0.250. The maximum absolute atomic E-state index is 9.10. The summed E-state index contributed by atoms with van der Waals surface area (Å²) in [6.45, 7) is 7.41. The Kier molecular flexibility index (Phi) is 84.1. The number of carboxylic acids is 4. The molecule has 0 bridgehead atoms. The number of aryl methyl sites for hydroxylation is 2. The molecular weight excluding hydrogens is 1020 g/mol. The number of nitrogens with one attached hydrogen (secondary N) is 2. The van der Waals surface area contributed by atoms with Gasteiger partial charge in [-0.1, -0.05) is 0 Å². The summed E-state index contributed by atoms with van der Waals surface area (Å²) >= 11 is 3.22. The summed E-state index contributed by atoms with van der Waals surface area (Å²) in [4.78, 5) is 98.7. The van der Waals surface area contributed by atoms with Crippen LogP contribution in [0.15, 0.2) is 35.7 Å².